The number of fused-ring (bicyclic) bond motifs is 1. The molecule has 2 heterocycles. The minimum Gasteiger partial charge on any atom is -0.497 e. The Morgan fingerprint density at radius 1 is 1.06 bits per heavy atom. The Labute approximate surface area is 190 Å². The van der Waals surface area contributed by atoms with Crippen LogP contribution in [0.2, 0.25) is 0 Å². The maximum atomic E-state index is 12.8. The van der Waals surface area contributed by atoms with Crippen LogP contribution in [0, 0.1) is 6.92 Å². The standard InChI is InChI=1S/C24H25N3O4S/c1-14-22(32-24(27-14)15-5-8-20(30-3)21(11-15)31-4)23(28)25-10-9-16-13-26-19-7-6-17(29-2)12-18(16)19/h5-8,11-13,26H,9-10H2,1-4H3,(H,25,28). The third-order valence-corrected chi connectivity index (χ3v) is 6.49. The summed E-state index contributed by atoms with van der Waals surface area (Å²) in [4.78, 5) is 21.3. The molecule has 0 aliphatic rings. The van der Waals surface area contributed by atoms with Crippen molar-refractivity contribution in [3.8, 4) is 27.8 Å². The number of carbonyl (C=O) groups is 1. The number of ether oxygens (including phenoxy) is 3. The zero-order valence-electron chi connectivity index (χ0n) is 18.4. The molecular formula is C24H25N3O4S. The first kappa shape index (κ1) is 21.7. The molecule has 1 amide bonds. The van der Waals surface area contributed by atoms with Gasteiger partial charge in [-0.25, -0.2) is 4.98 Å². The predicted octanol–water partition coefficient (Wildman–Crippen LogP) is 4.60. The van der Waals surface area contributed by atoms with Gasteiger partial charge in [0.2, 0.25) is 0 Å². The average molecular weight is 452 g/mol. The van der Waals surface area contributed by atoms with E-state index in [1.54, 1.807) is 21.3 Å². The summed E-state index contributed by atoms with van der Waals surface area (Å²) in [6, 6.07) is 11.5. The fraction of sp³-hybridized carbons (Fsp3) is 0.250. The van der Waals surface area contributed by atoms with Gasteiger partial charge in [0.05, 0.1) is 27.0 Å². The first-order valence-corrected chi connectivity index (χ1v) is 11.0. The molecule has 0 aliphatic carbocycles. The maximum Gasteiger partial charge on any atom is 0.263 e. The van der Waals surface area contributed by atoms with Crippen molar-refractivity contribution in [2.24, 2.45) is 0 Å². The van der Waals surface area contributed by atoms with Crippen LogP contribution in [0.15, 0.2) is 42.6 Å². The molecule has 7 nitrogen and oxygen atoms in total. The second-order valence-electron chi connectivity index (χ2n) is 7.23. The van der Waals surface area contributed by atoms with E-state index in [4.69, 9.17) is 14.2 Å². The van der Waals surface area contributed by atoms with Crippen molar-refractivity contribution >= 4 is 28.1 Å². The van der Waals surface area contributed by atoms with E-state index in [0.29, 0.717) is 35.0 Å². The smallest absolute Gasteiger partial charge is 0.263 e. The number of benzene rings is 2. The number of aromatic amines is 1. The number of carbonyl (C=O) groups excluding carboxylic acids is 1. The van der Waals surface area contributed by atoms with Crippen LogP contribution >= 0.6 is 11.3 Å². The van der Waals surface area contributed by atoms with Gasteiger partial charge >= 0.3 is 0 Å². The molecule has 0 atom stereocenters. The SMILES string of the molecule is COc1ccc2[nH]cc(CCNC(=O)c3sc(-c4ccc(OC)c(OC)c4)nc3C)c2c1. The van der Waals surface area contributed by atoms with E-state index in [2.05, 4.69) is 15.3 Å². The summed E-state index contributed by atoms with van der Waals surface area (Å²) in [5, 5.41) is 4.88. The molecule has 32 heavy (non-hydrogen) atoms. The Balaban J connectivity index is 1.45. The second kappa shape index (κ2) is 9.32. The second-order valence-corrected chi connectivity index (χ2v) is 8.23. The van der Waals surface area contributed by atoms with Gasteiger partial charge in [0, 0.05) is 29.2 Å². The predicted molar refractivity (Wildman–Crippen MR) is 126 cm³/mol. The van der Waals surface area contributed by atoms with E-state index in [0.717, 1.165) is 32.8 Å². The summed E-state index contributed by atoms with van der Waals surface area (Å²) >= 11 is 1.37. The Morgan fingerprint density at radius 3 is 2.62 bits per heavy atom. The van der Waals surface area contributed by atoms with Crippen LogP contribution in [0.3, 0.4) is 0 Å². The fourth-order valence-electron chi connectivity index (χ4n) is 3.58. The van der Waals surface area contributed by atoms with Crippen molar-refractivity contribution in [3.63, 3.8) is 0 Å². The van der Waals surface area contributed by atoms with Crippen LogP contribution in [0.1, 0.15) is 20.9 Å². The Morgan fingerprint density at radius 2 is 1.88 bits per heavy atom. The van der Waals surface area contributed by atoms with Crippen LogP contribution in [0.25, 0.3) is 21.5 Å². The molecule has 166 valence electrons. The summed E-state index contributed by atoms with van der Waals surface area (Å²) < 4.78 is 16.0. The van der Waals surface area contributed by atoms with E-state index in [1.807, 2.05) is 49.5 Å². The molecule has 2 aromatic heterocycles. The number of hydrogen-bond acceptors (Lipinski definition) is 6. The first-order chi connectivity index (χ1) is 15.5. The molecule has 0 fully saturated rings. The van der Waals surface area contributed by atoms with Gasteiger partial charge in [-0.15, -0.1) is 11.3 Å². The number of aromatic nitrogens is 2. The van der Waals surface area contributed by atoms with E-state index < -0.39 is 0 Å². The number of hydrogen-bond donors (Lipinski definition) is 2. The number of aryl methyl sites for hydroxylation is 1. The lowest BCUT2D eigenvalue weighted by Crippen LogP contribution is -2.25. The highest BCUT2D eigenvalue weighted by molar-refractivity contribution is 7.17. The average Bonchev–Trinajstić information content (AvgIpc) is 3.41. The van der Waals surface area contributed by atoms with Crippen LogP contribution in [0.4, 0.5) is 0 Å². The van der Waals surface area contributed by atoms with Gasteiger partial charge < -0.3 is 24.5 Å². The zero-order valence-corrected chi connectivity index (χ0v) is 19.3. The van der Waals surface area contributed by atoms with Crippen molar-refractivity contribution in [2.75, 3.05) is 27.9 Å². The molecule has 0 aliphatic heterocycles. The number of rotatable bonds is 8. The van der Waals surface area contributed by atoms with E-state index in [9.17, 15) is 4.79 Å². The van der Waals surface area contributed by atoms with Crippen molar-refractivity contribution in [2.45, 2.75) is 13.3 Å². The Kier molecular flexibility index (Phi) is 6.32. The molecule has 0 saturated carbocycles. The molecule has 4 rings (SSSR count). The minimum atomic E-state index is -0.121. The molecule has 0 saturated heterocycles. The van der Waals surface area contributed by atoms with Crippen LogP contribution in [-0.4, -0.2) is 43.7 Å². The van der Waals surface area contributed by atoms with Crippen LogP contribution in [-0.2, 0) is 6.42 Å². The van der Waals surface area contributed by atoms with Gasteiger partial charge in [-0.3, -0.25) is 4.79 Å². The lowest BCUT2D eigenvalue weighted by atomic mass is 10.1. The summed E-state index contributed by atoms with van der Waals surface area (Å²) in [6.45, 7) is 2.37. The molecule has 8 heteroatoms. The highest BCUT2D eigenvalue weighted by atomic mass is 32.1. The fourth-order valence-corrected chi connectivity index (χ4v) is 4.56. The molecular weight excluding hydrogens is 426 g/mol. The normalized spacial score (nSPS) is 10.9. The van der Waals surface area contributed by atoms with Gasteiger partial charge in [0.1, 0.15) is 15.6 Å². The van der Waals surface area contributed by atoms with Crippen molar-refractivity contribution in [1.82, 2.24) is 15.3 Å². The molecule has 0 radical (unpaired) electrons. The van der Waals surface area contributed by atoms with Gasteiger partial charge in [-0.1, -0.05) is 0 Å². The van der Waals surface area contributed by atoms with E-state index in [1.165, 1.54) is 11.3 Å². The lowest BCUT2D eigenvalue weighted by molar-refractivity contribution is 0.0957. The summed E-state index contributed by atoms with van der Waals surface area (Å²) in [7, 11) is 4.85. The van der Waals surface area contributed by atoms with E-state index >= 15 is 0 Å². The summed E-state index contributed by atoms with van der Waals surface area (Å²) in [5.74, 6) is 1.96. The Hall–Kier alpha value is -3.52. The third-order valence-electron chi connectivity index (χ3n) is 5.29. The Bertz CT molecular complexity index is 1260. The highest BCUT2D eigenvalue weighted by Gasteiger charge is 2.17. The summed E-state index contributed by atoms with van der Waals surface area (Å²) in [5.41, 5.74) is 3.76. The van der Waals surface area contributed by atoms with Crippen molar-refractivity contribution in [3.05, 3.63) is 58.7 Å². The minimum absolute atomic E-state index is 0.121. The number of thiazole rings is 1. The number of nitrogens with zero attached hydrogens (tertiary/aromatic N) is 1. The van der Waals surface area contributed by atoms with Crippen LogP contribution in [0.5, 0.6) is 17.2 Å². The number of nitrogens with one attached hydrogen (secondary N) is 2. The maximum absolute atomic E-state index is 12.8. The molecule has 0 bridgehead atoms. The molecule has 2 aromatic carbocycles. The summed E-state index contributed by atoms with van der Waals surface area (Å²) in [6.07, 6.45) is 2.68. The lowest BCUT2D eigenvalue weighted by Gasteiger charge is -2.08. The number of amides is 1. The van der Waals surface area contributed by atoms with Gasteiger partial charge in [0.15, 0.2) is 11.5 Å². The van der Waals surface area contributed by atoms with Crippen LogP contribution < -0.4 is 19.5 Å². The van der Waals surface area contributed by atoms with Crippen molar-refractivity contribution in [1.29, 1.82) is 0 Å². The van der Waals surface area contributed by atoms with Crippen molar-refractivity contribution < 1.29 is 19.0 Å². The topological polar surface area (TPSA) is 85.5 Å². The highest BCUT2D eigenvalue weighted by Crippen LogP contribution is 2.35. The zero-order chi connectivity index (χ0) is 22.7. The number of H-pyrrole nitrogens is 1. The molecule has 0 unspecified atom stereocenters. The molecule has 4 aromatic rings. The van der Waals surface area contributed by atoms with Gasteiger partial charge in [-0.05, 0) is 55.3 Å². The van der Waals surface area contributed by atoms with E-state index in [-0.39, 0.29) is 5.91 Å². The first-order valence-electron chi connectivity index (χ1n) is 10.2. The number of methoxy groups -OCH3 is 3. The monoisotopic (exact) mass is 451 g/mol. The van der Waals surface area contributed by atoms with Gasteiger partial charge in [0.25, 0.3) is 5.91 Å². The largest absolute Gasteiger partial charge is 0.497 e. The quantitative estimate of drug-likeness (QED) is 0.409. The third kappa shape index (κ3) is 4.27. The molecule has 2 N–H and O–H groups in total. The van der Waals surface area contributed by atoms with Gasteiger partial charge in [-0.2, -0.15) is 0 Å². The molecule has 0 spiro atoms.